The van der Waals surface area contributed by atoms with Crippen molar-refractivity contribution in [3.05, 3.63) is 18.2 Å². The van der Waals surface area contributed by atoms with Crippen molar-refractivity contribution in [2.24, 2.45) is 5.92 Å². The van der Waals surface area contributed by atoms with Gasteiger partial charge in [0.2, 0.25) is 0 Å². The zero-order chi connectivity index (χ0) is 8.84. The number of rotatable bonds is 3. The third-order valence-electron chi connectivity index (χ3n) is 2.80. The van der Waals surface area contributed by atoms with Crippen LogP contribution in [0.4, 0.5) is 11.4 Å². The number of benzene rings is 1. The van der Waals surface area contributed by atoms with Gasteiger partial charge in [0.05, 0.1) is 18.0 Å². The number of fused-ring (bicyclic) bond motifs is 1. The van der Waals surface area contributed by atoms with Gasteiger partial charge in [-0.3, -0.25) is 0 Å². The van der Waals surface area contributed by atoms with Crippen LogP contribution in [0.15, 0.2) is 18.2 Å². The van der Waals surface area contributed by atoms with Crippen LogP contribution in [0.1, 0.15) is 12.8 Å². The Bertz CT molecular complexity index is 344. The van der Waals surface area contributed by atoms with Gasteiger partial charge in [0.1, 0.15) is 5.75 Å². The van der Waals surface area contributed by atoms with Gasteiger partial charge in [-0.25, -0.2) is 0 Å². The van der Waals surface area contributed by atoms with E-state index in [0.29, 0.717) is 0 Å². The van der Waals surface area contributed by atoms with Gasteiger partial charge in [0, 0.05) is 13.1 Å². The summed E-state index contributed by atoms with van der Waals surface area (Å²) in [5, 5.41) is 0. The summed E-state index contributed by atoms with van der Waals surface area (Å²) in [7, 11) is 2.08. The quantitative estimate of drug-likeness (QED) is 0.654. The number of hydrogen-bond acceptors (Lipinski definition) is 2. The van der Waals surface area contributed by atoms with E-state index in [0.717, 1.165) is 18.3 Å². The van der Waals surface area contributed by atoms with E-state index in [1.807, 2.05) is 0 Å². The van der Waals surface area contributed by atoms with Gasteiger partial charge in [-0.15, -0.1) is 0 Å². The van der Waals surface area contributed by atoms with Gasteiger partial charge in [0.25, 0.3) is 0 Å². The highest BCUT2D eigenvalue weighted by Crippen LogP contribution is 2.47. The molecular formula is C11H13NO. The monoisotopic (exact) mass is 175 g/mol. The first-order chi connectivity index (χ1) is 6.34. The van der Waals surface area contributed by atoms with Gasteiger partial charge in [-0.05, 0) is 30.9 Å². The largest absolute Gasteiger partial charge is 0.493 e. The minimum Gasteiger partial charge on any atom is -0.493 e. The van der Waals surface area contributed by atoms with Crippen LogP contribution >= 0.6 is 0 Å². The molecule has 0 unspecified atom stereocenters. The Morgan fingerprint density at radius 3 is 2.92 bits per heavy atom. The normalized spacial score (nSPS) is 18.4. The molecule has 0 spiro atoms. The van der Waals surface area contributed by atoms with Gasteiger partial charge < -0.3 is 9.64 Å². The summed E-state index contributed by atoms with van der Waals surface area (Å²) < 4.78 is 5.67. The Balaban J connectivity index is 1.68. The molecule has 1 aliphatic carbocycles. The van der Waals surface area contributed by atoms with Crippen LogP contribution in [0.25, 0.3) is 0 Å². The van der Waals surface area contributed by atoms with Crippen LogP contribution < -0.4 is 9.64 Å². The molecule has 0 atom stereocenters. The highest BCUT2D eigenvalue weighted by Gasteiger charge is 2.26. The molecule has 1 heterocycles. The predicted octanol–water partition coefficient (Wildman–Crippen LogP) is 2.56. The second-order valence-corrected chi connectivity index (χ2v) is 3.96. The van der Waals surface area contributed by atoms with Gasteiger partial charge >= 0.3 is 0 Å². The van der Waals surface area contributed by atoms with Crippen molar-refractivity contribution in [2.45, 2.75) is 12.8 Å². The first kappa shape index (κ1) is 7.25. The molecule has 13 heavy (non-hydrogen) atoms. The topological polar surface area (TPSA) is 12.2 Å². The first-order valence-electron chi connectivity index (χ1n) is 4.85. The third-order valence-corrected chi connectivity index (χ3v) is 2.80. The summed E-state index contributed by atoms with van der Waals surface area (Å²) in [5.41, 5.74) is 2.65. The highest BCUT2D eigenvalue weighted by atomic mass is 16.5. The molecule has 2 nitrogen and oxygen atoms in total. The van der Waals surface area contributed by atoms with E-state index < -0.39 is 0 Å². The van der Waals surface area contributed by atoms with Gasteiger partial charge in [0.15, 0.2) is 0 Å². The molecule has 2 aliphatic rings. The molecule has 1 aromatic carbocycles. The Morgan fingerprint density at radius 1 is 1.38 bits per heavy atom. The Kier molecular flexibility index (Phi) is 1.34. The Morgan fingerprint density at radius 2 is 2.23 bits per heavy atom. The lowest BCUT2D eigenvalue weighted by Crippen LogP contribution is -1.97. The van der Waals surface area contributed by atoms with E-state index in [-0.39, 0.29) is 0 Å². The summed E-state index contributed by atoms with van der Waals surface area (Å²) >= 11 is 0. The molecule has 68 valence electrons. The van der Waals surface area contributed by atoms with Crippen LogP contribution in [0.5, 0.6) is 5.75 Å². The molecular weight excluding hydrogens is 162 g/mol. The maximum Gasteiger partial charge on any atom is 0.121 e. The SMILES string of the molecule is CN1c2ccc(OCC3CC3)cc21. The third kappa shape index (κ3) is 1.26. The van der Waals surface area contributed by atoms with Crippen molar-refractivity contribution in [1.82, 2.24) is 0 Å². The minimum absolute atomic E-state index is 0.835. The van der Waals surface area contributed by atoms with E-state index in [4.69, 9.17) is 4.74 Å². The van der Waals surface area contributed by atoms with E-state index in [2.05, 4.69) is 30.1 Å². The fraction of sp³-hybridized carbons (Fsp3) is 0.455. The summed E-state index contributed by atoms with van der Waals surface area (Å²) in [6.07, 6.45) is 2.70. The molecule has 0 N–H and O–H groups in total. The molecule has 1 fully saturated rings. The molecule has 2 heteroatoms. The van der Waals surface area contributed by atoms with E-state index >= 15 is 0 Å². The van der Waals surface area contributed by atoms with Crippen LogP contribution in [0.3, 0.4) is 0 Å². The van der Waals surface area contributed by atoms with Crippen LogP contribution in [-0.4, -0.2) is 13.7 Å². The lowest BCUT2D eigenvalue weighted by Gasteiger charge is -2.02. The Labute approximate surface area is 78.1 Å². The van der Waals surface area contributed by atoms with Crippen molar-refractivity contribution in [2.75, 3.05) is 18.6 Å². The number of hydrogen-bond donors (Lipinski definition) is 0. The molecule has 0 saturated heterocycles. The predicted molar refractivity (Wildman–Crippen MR) is 52.7 cm³/mol. The fourth-order valence-electron chi connectivity index (χ4n) is 1.58. The molecule has 0 radical (unpaired) electrons. The summed E-state index contributed by atoms with van der Waals surface area (Å²) in [6, 6.07) is 6.31. The van der Waals surface area contributed by atoms with Crippen LogP contribution in [-0.2, 0) is 0 Å². The molecule has 1 saturated carbocycles. The molecule has 0 bridgehead atoms. The zero-order valence-electron chi connectivity index (χ0n) is 7.79. The molecule has 0 amide bonds. The van der Waals surface area contributed by atoms with Gasteiger partial charge in [-0.1, -0.05) is 0 Å². The van der Waals surface area contributed by atoms with E-state index in [1.165, 1.54) is 24.2 Å². The van der Waals surface area contributed by atoms with Crippen LogP contribution in [0, 0.1) is 5.92 Å². The average Bonchev–Trinajstić information content (AvgIpc) is 3.03. The second kappa shape index (κ2) is 2.41. The maximum absolute atomic E-state index is 5.67. The van der Waals surface area contributed by atoms with Crippen LogP contribution in [0.2, 0.25) is 0 Å². The van der Waals surface area contributed by atoms with E-state index in [1.54, 1.807) is 0 Å². The number of anilines is 2. The van der Waals surface area contributed by atoms with Gasteiger partial charge in [-0.2, -0.15) is 0 Å². The smallest absolute Gasteiger partial charge is 0.121 e. The molecule has 1 aromatic rings. The van der Waals surface area contributed by atoms with Crippen molar-refractivity contribution >= 4 is 11.4 Å². The molecule has 1 aliphatic heterocycles. The van der Waals surface area contributed by atoms with Crippen molar-refractivity contribution in [1.29, 1.82) is 0 Å². The lowest BCUT2D eigenvalue weighted by atomic mass is 10.3. The standard InChI is InChI=1S/C11H13NO/c1-12-10-5-4-9(6-11(10)12)13-7-8-2-3-8/h4-6,8H,2-3,7H2,1H3. The Hall–Kier alpha value is -1.18. The van der Waals surface area contributed by atoms with E-state index in [9.17, 15) is 0 Å². The van der Waals surface area contributed by atoms with Crippen molar-refractivity contribution in [3.63, 3.8) is 0 Å². The summed E-state index contributed by atoms with van der Waals surface area (Å²) in [4.78, 5) is 2.17. The minimum atomic E-state index is 0.835. The average molecular weight is 175 g/mol. The first-order valence-corrected chi connectivity index (χ1v) is 4.85. The number of ether oxygens (including phenoxy) is 1. The second-order valence-electron chi connectivity index (χ2n) is 3.96. The highest BCUT2D eigenvalue weighted by molar-refractivity contribution is 5.92. The lowest BCUT2D eigenvalue weighted by molar-refractivity contribution is 0.300. The molecule has 3 rings (SSSR count). The van der Waals surface area contributed by atoms with Crippen molar-refractivity contribution < 1.29 is 4.74 Å². The maximum atomic E-state index is 5.67. The zero-order valence-corrected chi connectivity index (χ0v) is 7.79. The summed E-state index contributed by atoms with van der Waals surface area (Å²) in [6.45, 7) is 0.905. The number of nitrogens with zero attached hydrogens (tertiary/aromatic N) is 1. The fourth-order valence-corrected chi connectivity index (χ4v) is 1.58. The summed E-state index contributed by atoms with van der Waals surface area (Å²) in [5.74, 6) is 1.86. The molecule has 0 aromatic heterocycles. The van der Waals surface area contributed by atoms with Crippen molar-refractivity contribution in [3.8, 4) is 5.75 Å².